The molecule has 0 unspecified atom stereocenters. The Morgan fingerprint density at radius 1 is 1.00 bits per heavy atom. The van der Waals surface area contributed by atoms with Crippen LogP contribution in [0.5, 0.6) is 0 Å². The van der Waals surface area contributed by atoms with Crippen LogP contribution in [0.2, 0.25) is 0 Å². The van der Waals surface area contributed by atoms with Crippen LogP contribution in [0.25, 0.3) is 0 Å². The first-order chi connectivity index (χ1) is 12.0. The molecule has 0 spiro atoms. The lowest BCUT2D eigenvalue weighted by atomic mass is 10.1. The zero-order chi connectivity index (χ0) is 18.2. The summed E-state index contributed by atoms with van der Waals surface area (Å²) in [5.41, 5.74) is 2.76. The third kappa shape index (κ3) is 5.43. The fourth-order valence-electron chi connectivity index (χ4n) is 2.46. The number of amides is 2. The average Bonchev–Trinajstić information content (AvgIpc) is 2.66. The molecule has 0 aliphatic carbocycles. The number of nitrogens with one attached hydrogen (secondary N) is 2. The van der Waals surface area contributed by atoms with E-state index in [0.29, 0.717) is 18.7 Å². The third-order valence-corrected chi connectivity index (χ3v) is 4.23. The van der Waals surface area contributed by atoms with E-state index >= 15 is 0 Å². The maximum Gasteiger partial charge on any atom is 0.251 e. The van der Waals surface area contributed by atoms with Gasteiger partial charge in [-0.3, -0.25) is 14.5 Å². The van der Waals surface area contributed by atoms with Gasteiger partial charge >= 0.3 is 0 Å². The third-order valence-electron chi connectivity index (χ3n) is 4.23. The van der Waals surface area contributed by atoms with Gasteiger partial charge in [0.1, 0.15) is 0 Å². The van der Waals surface area contributed by atoms with Crippen molar-refractivity contribution in [3.05, 3.63) is 71.3 Å². The number of hydrogen-bond donors (Lipinski definition) is 2. The highest BCUT2D eigenvalue weighted by atomic mass is 16.2. The van der Waals surface area contributed by atoms with Crippen molar-refractivity contribution >= 4 is 11.8 Å². The Kier molecular flexibility index (Phi) is 6.71. The van der Waals surface area contributed by atoms with Crippen LogP contribution in [-0.2, 0) is 17.9 Å². The Morgan fingerprint density at radius 2 is 1.64 bits per heavy atom. The Bertz CT molecular complexity index is 699. The largest absolute Gasteiger partial charge is 0.355 e. The molecule has 2 rings (SSSR count). The summed E-state index contributed by atoms with van der Waals surface area (Å²) in [4.78, 5) is 25.9. The Labute approximate surface area is 149 Å². The van der Waals surface area contributed by atoms with Crippen molar-refractivity contribution in [2.45, 2.75) is 26.1 Å². The number of benzene rings is 2. The highest BCUT2D eigenvalue weighted by Gasteiger charge is 2.18. The monoisotopic (exact) mass is 339 g/mol. The topological polar surface area (TPSA) is 61.4 Å². The zero-order valence-corrected chi connectivity index (χ0v) is 15.0. The zero-order valence-electron chi connectivity index (χ0n) is 15.0. The van der Waals surface area contributed by atoms with Gasteiger partial charge in [0.15, 0.2) is 0 Å². The van der Waals surface area contributed by atoms with Gasteiger partial charge in [0.05, 0.1) is 6.04 Å². The summed E-state index contributed by atoms with van der Waals surface area (Å²) in [5.74, 6) is -0.109. The van der Waals surface area contributed by atoms with E-state index in [-0.39, 0.29) is 17.9 Å². The van der Waals surface area contributed by atoms with Crippen molar-refractivity contribution in [1.29, 1.82) is 0 Å². The molecule has 1 atom stereocenters. The standard InChI is InChI=1S/C20H25N3O2/c1-15(19(24)22-13-16-7-5-4-6-8-16)23(3)14-17-9-11-18(12-10-17)20(25)21-2/h4-12,15H,13-14H2,1-3H3,(H,21,25)(H,22,24)/t15-/m1/s1. The Balaban J connectivity index is 1.87. The number of carbonyl (C=O) groups is 2. The molecule has 5 heteroatoms. The predicted molar refractivity (Wildman–Crippen MR) is 99.0 cm³/mol. The van der Waals surface area contributed by atoms with Crippen molar-refractivity contribution in [2.24, 2.45) is 0 Å². The number of likely N-dealkylation sites (N-methyl/N-ethyl adjacent to an activating group) is 1. The summed E-state index contributed by atoms with van der Waals surface area (Å²) in [6, 6.07) is 17.0. The van der Waals surface area contributed by atoms with Gasteiger partial charge < -0.3 is 10.6 Å². The van der Waals surface area contributed by atoms with Crippen LogP contribution >= 0.6 is 0 Å². The summed E-state index contributed by atoms with van der Waals surface area (Å²) in [6.07, 6.45) is 0. The van der Waals surface area contributed by atoms with Crippen LogP contribution in [0.15, 0.2) is 54.6 Å². The molecule has 0 bridgehead atoms. The van der Waals surface area contributed by atoms with Crippen LogP contribution in [0, 0.1) is 0 Å². The molecule has 2 amide bonds. The lowest BCUT2D eigenvalue weighted by Gasteiger charge is -2.24. The second-order valence-electron chi connectivity index (χ2n) is 6.07. The summed E-state index contributed by atoms with van der Waals surface area (Å²) < 4.78 is 0. The van der Waals surface area contributed by atoms with Crippen LogP contribution in [0.1, 0.15) is 28.4 Å². The van der Waals surface area contributed by atoms with E-state index in [1.165, 1.54) is 0 Å². The van der Waals surface area contributed by atoms with Gasteiger partial charge in [0, 0.05) is 25.7 Å². The van der Waals surface area contributed by atoms with Crippen LogP contribution in [-0.4, -0.2) is 36.9 Å². The molecule has 5 nitrogen and oxygen atoms in total. The molecule has 0 saturated carbocycles. The normalized spacial score (nSPS) is 11.8. The molecule has 2 aromatic carbocycles. The lowest BCUT2D eigenvalue weighted by molar-refractivity contribution is -0.125. The maximum absolute atomic E-state index is 12.3. The van der Waals surface area contributed by atoms with Gasteiger partial charge in [-0.1, -0.05) is 42.5 Å². The van der Waals surface area contributed by atoms with Crippen molar-refractivity contribution < 1.29 is 9.59 Å². The molecular formula is C20H25N3O2. The van der Waals surface area contributed by atoms with Crippen LogP contribution in [0.4, 0.5) is 0 Å². The maximum atomic E-state index is 12.3. The Hall–Kier alpha value is -2.66. The second-order valence-corrected chi connectivity index (χ2v) is 6.07. The number of hydrogen-bond acceptors (Lipinski definition) is 3. The fourth-order valence-corrected chi connectivity index (χ4v) is 2.46. The Morgan fingerprint density at radius 3 is 2.24 bits per heavy atom. The first kappa shape index (κ1) is 18.7. The molecule has 25 heavy (non-hydrogen) atoms. The fraction of sp³-hybridized carbons (Fsp3) is 0.300. The average molecular weight is 339 g/mol. The minimum absolute atomic E-state index is 0.00617. The van der Waals surface area contributed by atoms with Gasteiger partial charge in [-0.15, -0.1) is 0 Å². The highest BCUT2D eigenvalue weighted by molar-refractivity contribution is 5.93. The molecule has 0 aliphatic rings. The van der Waals surface area contributed by atoms with E-state index in [0.717, 1.165) is 11.1 Å². The second kappa shape index (κ2) is 8.99. The van der Waals surface area contributed by atoms with E-state index in [2.05, 4.69) is 10.6 Å². The number of nitrogens with zero attached hydrogens (tertiary/aromatic N) is 1. The van der Waals surface area contributed by atoms with Gasteiger partial charge in [0.25, 0.3) is 5.91 Å². The van der Waals surface area contributed by atoms with Crippen LogP contribution < -0.4 is 10.6 Å². The van der Waals surface area contributed by atoms with Crippen molar-refractivity contribution in [3.63, 3.8) is 0 Å². The molecule has 2 aromatic rings. The smallest absolute Gasteiger partial charge is 0.251 e. The van der Waals surface area contributed by atoms with Gasteiger partial charge in [-0.2, -0.15) is 0 Å². The lowest BCUT2D eigenvalue weighted by Crippen LogP contribution is -2.42. The molecule has 0 radical (unpaired) electrons. The van der Waals surface area contributed by atoms with Crippen molar-refractivity contribution in [1.82, 2.24) is 15.5 Å². The molecule has 132 valence electrons. The van der Waals surface area contributed by atoms with Crippen molar-refractivity contribution in [2.75, 3.05) is 14.1 Å². The van der Waals surface area contributed by atoms with Gasteiger partial charge in [-0.25, -0.2) is 0 Å². The highest BCUT2D eigenvalue weighted by Crippen LogP contribution is 2.09. The molecule has 0 aliphatic heterocycles. The van der Waals surface area contributed by atoms with Gasteiger partial charge in [0.2, 0.25) is 5.91 Å². The summed E-state index contributed by atoms with van der Waals surface area (Å²) in [6.45, 7) is 3.05. The molecule has 0 aromatic heterocycles. The number of rotatable bonds is 7. The molecule has 2 N–H and O–H groups in total. The van der Waals surface area contributed by atoms with E-state index in [9.17, 15) is 9.59 Å². The van der Waals surface area contributed by atoms with E-state index in [4.69, 9.17) is 0 Å². The molecular weight excluding hydrogens is 314 g/mol. The summed E-state index contributed by atoms with van der Waals surface area (Å²) in [7, 11) is 3.53. The first-order valence-electron chi connectivity index (χ1n) is 8.34. The first-order valence-corrected chi connectivity index (χ1v) is 8.34. The van der Waals surface area contributed by atoms with Crippen molar-refractivity contribution in [3.8, 4) is 0 Å². The minimum Gasteiger partial charge on any atom is -0.355 e. The quantitative estimate of drug-likeness (QED) is 0.813. The number of carbonyl (C=O) groups excluding carboxylic acids is 2. The minimum atomic E-state index is -0.248. The SMILES string of the molecule is CNC(=O)c1ccc(CN(C)[C@H](C)C(=O)NCc2ccccc2)cc1. The predicted octanol–water partition coefficient (Wildman–Crippen LogP) is 2.18. The molecule has 0 saturated heterocycles. The summed E-state index contributed by atoms with van der Waals surface area (Å²) >= 11 is 0. The molecule has 0 heterocycles. The van der Waals surface area contributed by atoms with E-state index in [1.807, 2.05) is 61.3 Å². The van der Waals surface area contributed by atoms with E-state index in [1.54, 1.807) is 19.2 Å². The van der Waals surface area contributed by atoms with Crippen LogP contribution in [0.3, 0.4) is 0 Å². The van der Waals surface area contributed by atoms with Gasteiger partial charge in [-0.05, 0) is 37.2 Å². The summed E-state index contributed by atoms with van der Waals surface area (Å²) in [5, 5.41) is 5.56. The van der Waals surface area contributed by atoms with E-state index < -0.39 is 0 Å². The molecule has 0 fully saturated rings.